The van der Waals surface area contributed by atoms with Gasteiger partial charge in [-0.25, -0.2) is 13.2 Å². The van der Waals surface area contributed by atoms with Crippen LogP contribution in [0.15, 0.2) is 42.5 Å². The molecule has 0 aromatic heterocycles. The zero-order chi connectivity index (χ0) is 17.0. The number of hydrogen-bond acceptors (Lipinski definition) is 4. The fourth-order valence-electron chi connectivity index (χ4n) is 1.85. The topological polar surface area (TPSA) is 72.5 Å². The second kappa shape index (κ2) is 7.21. The van der Waals surface area contributed by atoms with Gasteiger partial charge in [0, 0.05) is 5.02 Å². The van der Waals surface area contributed by atoms with Crippen LogP contribution < -0.4 is 4.72 Å². The van der Waals surface area contributed by atoms with Crippen LogP contribution in [0.3, 0.4) is 0 Å². The van der Waals surface area contributed by atoms with Crippen molar-refractivity contribution >= 4 is 44.9 Å². The average molecular weight is 374 g/mol. The van der Waals surface area contributed by atoms with Gasteiger partial charge in [-0.3, -0.25) is 4.72 Å². The second-order valence-corrected chi connectivity index (χ2v) is 7.24. The minimum absolute atomic E-state index is 0.210. The minimum atomic E-state index is -3.66. The molecule has 0 fully saturated rings. The van der Waals surface area contributed by atoms with Crippen molar-refractivity contribution in [3.05, 3.63) is 63.6 Å². The average Bonchev–Trinajstić information content (AvgIpc) is 2.49. The molecule has 0 unspecified atom stereocenters. The van der Waals surface area contributed by atoms with E-state index in [9.17, 15) is 13.2 Å². The van der Waals surface area contributed by atoms with E-state index in [4.69, 9.17) is 23.2 Å². The van der Waals surface area contributed by atoms with Gasteiger partial charge in [0.25, 0.3) is 0 Å². The van der Waals surface area contributed by atoms with Crippen molar-refractivity contribution < 1.29 is 17.9 Å². The van der Waals surface area contributed by atoms with Gasteiger partial charge in [0.15, 0.2) is 0 Å². The van der Waals surface area contributed by atoms with Gasteiger partial charge >= 0.3 is 5.97 Å². The first-order valence-corrected chi connectivity index (χ1v) is 8.84. The Labute approximate surface area is 144 Å². The summed E-state index contributed by atoms with van der Waals surface area (Å²) in [5.74, 6) is -0.738. The van der Waals surface area contributed by atoms with E-state index in [0.29, 0.717) is 16.1 Å². The predicted octanol–water partition coefficient (Wildman–Crippen LogP) is 3.72. The fourth-order valence-corrected chi connectivity index (χ4v) is 3.58. The summed E-state index contributed by atoms with van der Waals surface area (Å²) in [5.41, 5.74) is 1.12. The summed E-state index contributed by atoms with van der Waals surface area (Å²) in [6.45, 7) is 0. The highest BCUT2D eigenvalue weighted by Gasteiger charge is 2.14. The van der Waals surface area contributed by atoms with E-state index in [1.165, 1.54) is 37.4 Å². The van der Waals surface area contributed by atoms with Crippen LogP contribution in [0, 0.1) is 0 Å². The molecule has 0 bridgehead atoms. The number of benzene rings is 2. The number of sulfonamides is 1. The molecule has 0 spiro atoms. The number of carbonyl (C=O) groups is 1. The molecule has 0 aliphatic carbocycles. The zero-order valence-corrected chi connectivity index (χ0v) is 14.4. The van der Waals surface area contributed by atoms with Crippen LogP contribution in [0.1, 0.15) is 15.9 Å². The lowest BCUT2D eigenvalue weighted by Gasteiger charge is -2.10. The van der Waals surface area contributed by atoms with E-state index >= 15 is 0 Å². The Morgan fingerprint density at radius 3 is 2.35 bits per heavy atom. The molecule has 1 N–H and O–H groups in total. The van der Waals surface area contributed by atoms with Crippen LogP contribution in [-0.4, -0.2) is 21.5 Å². The maximum atomic E-state index is 12.2. The van der Waals surface area contributed by atoms with Gasteiger partial charge in [0.05, 0.1) is 29.1 Å². The van der Waals surface area contributed by atoms with Crippen LogP contribution in [0.25, 0.3) is 0 Å². The summed E-state index contributed by atoms with van der Waals surface area (Å²) in [6.07, 6.45) is 0. The van der Waals surface area contributed by atoms with Gasteiger partial charge in [-0.15, -0.1) is 0 Å². The summed E-state index contributed by atoms with van der Waals surface area (Å²) < 4.78 is 31.4. The first kappa shape index (κ1) is 17.6. The molecule has 0 aliphatic heterocycles. The zero-order valence-electron chi connectivity index (χ0n) is 12.0. The molecule has 5 nitrogen and oxygen atoms in total. The third-order valence-electron chi connectivity index (χ3n) is 2.93. The number of carbonyl (C=O) groups excluding carboxylic acids is 1. The Morgan fingerprint density at radius 2 is 1.78 bits per heavy atom. The van der Waals surface area contributed by atoms with E-state index in [1.807, 2.05) is 0 Å². The van der Waals surface area contributed by atoms with Gasteiger partial charge < -0.3 is 4.74 Å². The molecule has 2 aromatic carbocycles. The molecule has 2 rings (SSSR count). The van der Waals surface area contributed by atoms with Gasteiger partial charge in [0.2, 0.25) is 10.0 Å². The number of esters is 1. The van der Waals surface area contributed by atoms with Crippen molar-refractivity contribution in [2.75, 3.05) is 11.8 Å². The van der Waals surface area contributed by atoms with E-state index in [1.54, 1.807) is 12.1 Å². The number of hydrogen-bond donors (Lipinski definition) is 1. The molecule has 23 heavy (non-hydrogen) atoms. The number of ether oxygens (including phenoxy) is 1. The third-order valence-corrected chi connectivity index (χ3v) is 4.72. The summed E-state index contributed by atoms with van der Waals surface area (Å²) in [6, 6.07) is 10.6. The monoisotopic (exact) mass is 373 g/mol. The number of methoxy groups -OCH3 is 1. The lowest BCUT2D eigenvalue weighted by Crippen LogP contribution is -2.15. The largest absolute Gasteiger partial charge is 0.465 e. The third kappa shape index (κ3) is 4.86. The van der Waals surface area contributed by atoms with E-state index in [2.05, 4.69) is 9.46 Å². The fraction of sp³-hybridized carbons (Fsp3) is 0.133. The molecule has 0 amide bonds. The van der Waals surface area contributed by atoms with E-state index < -0.39 is 16.0 Å². The number of anilines is 1. The summed E-state index contributed by atoms with van der Waals surface area (Å²) in [4.78, 5) is 11.3. The van der Waals surface area contributed by atoms with Crippen LogP contribution in [0.4, 0.5) is 5.69 Å². The highest BCUT2D eigenvalue weighted by Crippen LogP contribution is 2.26. The molecule has 2 aromatic rings. The molecule has 0 saturated heterocycles. The smallest absolute Gasteiger partial charge is 0.337 e. The maximum Gasteiger partial charge on any atom is 0.337 e. The van der Waals surface area contributed by atoms with Gasteiger partial charge in [-0.05, 0) is 35.9 Å². The highest BCUT2D eigenvalue weighted by atomic mass is 35.5. The predicted molar refractivity (Wildman–Crippen MR) is 90.5 cm³/mol. The molecule has 0 heterocycles. The molecule has 8 heteroatoms. The Bertz CT molecular complexity index is 820. The lowest BCUT2D eigenvalue weighted by molar-refractivity contribution is 0.0600. The van der Waals surface area contributed by atoms with Crippen LogP contribution >= 0.6 is 23.2 Å². The standard InChI is InChI=1S/C15H13Cl2NO4S/c1-22-15(19)11-4-2-10(3-5-11)9-23(20,21)18-14-7-6-12(16)8-13(14)17/h2-8,18H,9H2,1H3. The summed E-state index contributed by atoms with van der Waals surface area (Å²) >= 11 is 11.7. The Kier molecular flexibility index (Phi) is 5.51. The van der Waals surface area contributed by atoms with Crippen LogP contribution in [-0.2, 0) is 20.5 Å². The Morgan fingerprint density at radius 1 is 1.13 bits per heavy atom. The van der Waals surface area contributed by atoms with E-state index in [-0.39, 0.29) is 16.5 Å². The second-order valence-electron chi connectivity index (χ2n) is 4.67. The summed E-state index contributed by atoms with van der Waals surface area (Å²) in [5, 5.41) is 0.624. The quantitative estimate of drug-likeness (QED) is 0.810. The molecular formula is C15H13Cl2NO4S. The molecule has 122 valence electrons. The number of halogens is 2. The van der Waals surface area contributed by atoms with Gasteiger partial charge in [0.1, 0.15) is 0 Å². The van der Waals surface area contributed by atoms with Crippen molar-refractivity contribution in [1.29, 1.82) is 0 Å². The highest BCUT2D eigenvalue weighted by molar-refractivity contribution is 7.91. The van der Waals surface area contributed by atoms with E-state index in [0.717, 1.165) is 0 Å². The Balaban J connectivity index is 2.13. The first-order chi connectivity index (χ1) is 10.8. The van der Waals surface area contributed by atoms with Crippen molar-refractivity contribution in [3.63, 3.8) is 0 Å². The molecule has 0 saturated carbocycles. The molecular weight excluding hydrogens is 361 g/mol. The SMILES string of the molecule is COC(=O)c1ccc(CS(=O)(=O)Nc2ccc(Cl)cc2Cl)cc1. The maximum absolute atomic E-state index is 12.2. The lowest BCUT2D eigenvalue weighted by atomic mass is 10.1. The van der Waals surface area contributed by atoms with Crippen molar-refractivity contribution in [2.24, 2.45) is 0 Å². The number of rotatable bonds is 5. The van der Waals surface area contributed by atoms with Gasteiger partial charge in [-0.2, -0.15) is 0 Å². The minimum Gasteiger partial charge on any atom is -0.465 e. The van der Waals surface area contributed by atoms with Crippen LogP contribution in [0.2, 0.25) is 10.0 Å². The van der Waals surface area contributed by atoms with Crippen molar-refractivity contribution in [1.82, 2.24) is 0 Å². The van der Waals surface area contributed by atoms with Crippen LogP contribution in [0.5, 0.6) is 0 Å². The molecule has 0 aliphatic rings. The normalized spacial score (nSPS) is 11.1. The first-order valence-electron chi connectivity index (χ1n) is 6.43. The van der Waals surface area contributed by atoms with Crippen molar-refractivity contribution in [3.8, 4) is 0 Å². The molecule has 0 atom stereocenters. The Hall–Kier alpha value is -1.76. The summed E-state index contributed by atoms with van der Waals surface area (Å²) in [7, 11) is -2.38. The number of nitrogens with one attached hydrogen (secondary N) is 1. The van der Waals surface area contributed by atoms with Crippen molar-refractivity contribution in [2.45, 2.75) is 5.75 Å². The van der Waals surface area contributed by atoms with Gasteiger partial charge in [-0.1, -0.05) is 35.3 Å². The molecule has 0 radical (unpaired) electrons.